The van der Waals surface area contributed by atoms with E-state index in [2.05, 4.69) is 10.5 Å². The van der Waals surface area contributed by atoms with Crippen LogP contribution in [-0.2, 0) is 24.4 Å². The number of nitrogens with one attached hydrogen (secondary N) is 1. The third kappa shape index (κ3) is 4.66. The van der Waals surface area contributed by atoms with Gasteiger partial charge in [-0.25, -0.2) is 5.43 Å². The standard InChI is InChI=1S/C19H16F3N3O2/c1-25-9-3-6-15(25)11-18(26)24-23-12-16-7-8-17(27-16)13-4-2-5-14(10-13)19(20,21)22/h2-10,12H,11H2,1H3,(H,24,26). The molecule has 0 spiro atoms. The number of hydrogen-bond donors (Lipinski definition) is 1. The van der Waals surface area contributed by atoms with Gasteiger partial charge < -0.3 is 8.98 Å². The molecule has 5 nitrogen and oxygen atoms in total. The second kappa shape index (κ2) is 7.53. The lowest BCUT2D eigenvalue weighted by atomic mass is 10.1. The summed E-state index contributed by atoms with van der Waals surface area (Å²) in [6, 6.07) is 11.6. The maximum absolute atomic E-state index is 12.8. The van der Waals surface area contributed by atoms with E-state index in [1.807, 2.05) is 29.9 Å². The quantitative estimate of drug-likeness (QED) is 0.541. The third-order valence-electron chi connectivity index (χ3n) is 3.88. The Morgan fingerprint density at radius 1 is 1.22 bits per heavy atom. The molecule has 27 heavy (non-hydrogen) atoms. The first-order valence-electron chi connectivity index (χ1n) is 8.02. The smallest absolute Gasteiger partial charge is 0.416 e. The van der Waals surface area contributed by atoms with Crippen LogP contribution in [-0.4, -0.2) is 16.7 Å². The zero-order chi connectivity index (χ0) is 19.4. The molecule has 140 valence electrons. The number of nitrogens with zero attached hydrogens (tertiary/aromatic N) is 2. The summed E-state index contributed by atoms with van der Waals surface area (Å²) in [5.74, 6) is 0.289. The molecule has 0 aliphatic heterocycles. The van der Waals surface area contributed by atoms with Crippen molar-refractivity contribution >= 4 is 12.1 Å². The van der Waals surface area contributed by atoms with E-state index in [0.717, 1.165) is 17.8 Å². The molecule has 0 aliphatic rings. The number of hydrogen-bond acceptors (Lipinski definition) is 3. The molecule has 2 aromatic heterocycles. The van der Waals surface area contributed by atoms with Crippen LogP contribution in [0.4, 0.5) is 13.2 Å². The van der Waals surface area contributed by atoms with Crippen LogP contribution in [0.3, 0.4) is 0 Å². The predicted molar refractivity (Wildman–Crippen MR) is 94.0 cm³/mol. The van der Waals surface area contributed by atoms with Gasteiger partial charge in [-0.1, -0.05) is 12.1 Å². The van der Waals surface area contributed by atoms with Gasteiger partial charge in [-0.2, -0.15) is 18.3 Å². The van der Waals surface area contributed by atoms with Crippen molar-refractivity contribution in [2.24, 2.45) is 12.1 Å². The van der Waals surface area contributed by atoms with Gasteiger partial charge in [-0.05, 0) is 36.4 Å². The second-order valence-electron chi connectivity index (χ2n) is 5.86. The summed E-state index contributed by atoms with van der Waals surface area (Å²) in [5.41, 5.74) is 2.78. The molecule has 3 aromatic rings. The zero-order valence-electron chi connectivity index (χ0n) is 14.3. The predicted octanol–water partition coefficient (Wildman–Crippen LogP) is 4.00. The maximum atomic E-state index is 12.8. The van der Waals surface area contributed by atoms with Crippen LogP contribution in [0, 0.1) is 0 Å². The van der Waals surface area contributed by atoms with Gasteiger partial charge in [-0.15, -0.1) is 0 Å². The molecular formula is C19H16F3N3O2. The largest absolute Gasteiger partial charge is 0.455 e. The number of hydrazone groups is 1. The van der Waals surface area contributed by atoms with Crippen LogP contribution in [0.2, 0.25) is 0 Å². The number of amides is 1. The van der Waals surface area contributed by atoms with Crippen LogP contribution in [0.25, 0.3) is 11.3 Å². The van der Waals surface area contributed by atoms with Gasteiger partial charge in [0.1, 0.15) is 11.5 Å². The Labute approximate surface area is 153 Å². The van der Waals surface area contributed by atoms with E-state index in [9.17, 15) is 18.0 Å². The molecule has 0 saturated carbocycles. The topological polar surface area (TPSA) is 59.5 Å². The van der Waals surface area contributed by atoms with Gasteiger partial charge in [0, 0.05) is 24.5 Å². The molecular weight excluding hydrogens is 359 g/mol. The molecule has 1 amide bonds. The van der Waals surface area contributed by atoms with Crippen molar-refractivity contribution in [2.75, 3.05) is 0 Å². The molecule has 0 bridgehead atoms. The van der Waals surface area contributed by atoms with E-state index in [1.165, 1.54) is 18.3 Å². The summed E-state index contributed by atoms with van der Waals surface area (Å²) < 4.78 is 45.7. The van der Waals surface area contributed by atoms with Gasteiger partial charge in [0.2, 0.25) is 5.91 Å². The highest BCUT2D eigenvalue weighted by Gasteiger charge is 2.30. The number of aromatic nitrogens is 1. The maximum Gasteiger partial charge on any atom is 0.416 e. The number of furan rings is 1. The lowest BCUT2D eigenvalue weighted by molar-refractivity contribution is -0.137. The monoisotopic (exact) mass is 375 g/mol. The SMILES string of the molecule is Cn1cccc1CC(=O)NN=Cc1ccc(-c2cccc(C(F)(F)F)c2)o1. The first-order valence-corrected chi connectivity index (χ1v) is 8.02. The molecule has 0 radical (unpaired) electrons. The minimum atomic E-state index is -4.42. The average Bonchev–Trinajstić information content (AvgIpc) is 3.24. The molecule has 1 N–H and O–H groups in total. The Bertz CT molecular complexity index is 970. The number of aryl methyl sites for hydroxylation is 1. The normalized spacial score (nSPS) is 11.9. The van der Waals surface area contributed by atoms with Crippen molar-refractivity contribution in [3.05, 3.63) is 71.7 Å². The molecule has 0 atom stereocenters. The first-order chi connectivity index (χ1) is 12.8. The highest BCUT2D eigenvalue weighted by atomic mass is 19.4. The fourth-order valence-electron chi connectivity index (χ4n) is 2.48. The summed E-state index contributed by atoms with van der Waals surface area (Å²) in [6.45, 7) is 0. The fourth-order valence-corrected chi connectivity index (χ4v) is 2.48. The van der Waals surface area contributed by atoms with Crippen LogP contribution >= 0.6 is 0 Å². The minimum Gasteiger partial charge on any atom is -0.455 e. The number of halogens is 3. The molecule has 0 fully saturated rings. The lowest BCUT2D eigenvalue weighted by Gasteiger charge is -2.07. The van der Waals surface area contributed by atoms with E-state index in [4.69, 9.17) is 4.42 Å². The van der Waals surface area contributed by atoms with Crippen LogP contribution in [0.1, 0.15) is 17.0 Å². The van der Waals surface area contributed by atoms with Crippen molar-refractivity contribution < 1.29 is 22.4 Å². The average molecular weight is 375 g/mol. The Morgan fingerprint density at radius 2 is 2.04 bits per heavy atom. The number of alkyl halides is 3. The Balaban J connectivity index is 1.63. The number of carbonyl (C=O) groups is 1. The highest BCUT2D eigenvalue weighted by Crippen LogP contribution is 2.32. The lowest BCUT2D eigenvalue weighted by Crippen LogP contribution is -2.20. The van der Waals surface area contributed by atoms with E-state index in [0.29, 0.717) is 11.3 Å². The number of rotatable bonds is 5. The van der Waals surface area contributed by atoms with Gasteiger partial charge in [0.05, 0.1) is 18.2 Å². The Kier molecular flexibility index (Phi) is 5.16. The van der Waals surface area contributed by atoms with Crippen molar-refractivity contribution in [3.8, 4) is 11.3 Å². The minimum absolute atomic E-state index is 0.175. The van der Waals surface area contributed by atoms with E-state index < -0.39 is 11.7 Å². The number of benzene rings is 1. The van der Waals surface area contributed by atoms with Crippen LogP contribution in [0.15, 0.2) is 64.2 Å². The van der Waals surface area contributed by atoms with Gasteiger partial charge in [0.15, 0.2) is 0 Å². The van der Waals surface area contributed by atoms with Gasteiger partial charge in [-0.3, -0.25) is 4.79 Å². The summed E-state index contributed by atoms with van der Waals surface area (Å²) in [4.78, 5) is 11.8. The molecule has 1 aromatic carbocycles. The fraction of sp³-hybridized carbons (Fsp3) is 0.158. The van der Waals surface area contributed by atoms with Crippen LogP contribution in [0.5, 0.6) is 0 Å². The van der Waals surface area contributed by atoms with Crippen molar-refractivity contribution in [1.29, 1.82) is 0 Å². The van der Waals surface area contributed by atoms with E-state index in [-0.39, 0.29) is 18.1 Å². The molecule has 2 heterocycles. The highest BCUT2D eigenvalue weighted by molar-refractivity contribution is 5.82. The first kappa shape index (κ1) is 18.5. The van der Waals surface area contributed by atoms with Gasteiger partial charge >= 0.3 is 6.18 Å². The van der Waals surface area contributed by atoms with Crippen molar-refractivity contribution in [3.63, 3.8) is 0 Å². The molecule has 0 saturated heterocycles. The van der Waals surface area contributed by atoms with E-state index in [1.54, 1.807) is 12.1 Å². The summed E-state index contributed by atoms with van der Waals surface area (Å²) >= 11 is 0. The zero-order valence-corrected chi connectivity index (χ0v) is 14.3. The molecule has 3 rings (SSSR count). The van der Waals surface area contributed by atoms with Crippen molar-refractivity contribution in [2.45, 2.75) is 12.6 Å². The van der Waals surface area contributed by atoms with Crippen molar-refractivity contribution in [1.82, 2.24) is 9.99 Å². The molecule has 8 heteroatoms. The molecule has 0 aliphatic carbocycles. The Hall–Kier alpha value is -3.29. The van der Waals surface area contributed by atoms with E-state index >= 15 is 0 Å². The summed E-state index contributed by atoms with van der Waals surface area (Å²) in [5, 5.41) is 3.81. The summed E-state index contributed by atoms with van der Waals surface area (Å²) in [6.07, 6.45) is -1.12. The Morgan fingerprint density at radius 3 is 2.74 bits per heavy atom. The van der Waals surface area contributed by atoms with Gasteiger partial charge in [0.25, 0.3) is 0 Å². The van der Waals surface area contributed by atoms with Crippen LogP contribution < -0.4 is 5.43 Å². The molecule has 0 unspecified atom stereocenters. The third-order valence-corrected chi connectivity index (χ3v) is 3.88. The summed E-state index contributed by atoms with van der Waals surface area (Å²) in [7, 11) is 1.84. The number of carbonyl (C=O) groups excluding carboxylic acids is 1. The second-order valence-corrected chi connectivity index (χ2v) is 5.86.